The van der Waals surface area contributed by atoms with Crippen LogP contribution < -0.4 is 4.89 Å². The van der Waals surface area contributed by atoms with Gasteiger partial charge in [0.05, 0.1) is 34.4 Å². The highest BCUT2D eigenvalue weighted by Crippen LogP contribution is 2.38. The molecule has 65 heavy (non-hydrogen) atoms. The largest absolute Gasteiger partial charge is 0.756 e. The number of quaternary nitrogens is 1. The Kier molecular flexibility index (Phi) is 47.3. The van der Waals surface area contributed by atoms with Crippen LogP contribution in [0.3, 0.4) is 0 Å². The minimum absolute atomic E-state index is 0.0236. The van der Waals surface area contributed by atoms with Gasteiger partial charge in [0.1, 0.15) is 19.3 Å². The zero-order chi connectivity index (χ0) is 47.6. The van der Waals surface area contributed by atoms with Gasteiger partial charge in [-0.2, -0.15) is 0 Å². The number of rotatable bonds is 50. The van der Waals surface area contributed by atoms with Gasteiger partial charge >= 0.3 is 5.97 Å². The van der Waals surface area contributed by atoms with Gasteiger partial charge in [-0.3, -0.25) is 9.36 Å². The topological polar surface area (TPSA) is 94.1 Å². The van der Waals surface area contributed by atoms with Crippen molar-refractivity contribution < 1.29 is 37.3 Å². The van der Waals surface area contributed by atoms with Crippen LogP contribution in [-0.2, 0) is 27.9 Å². The highest BCUT2D eigenvalue weighted by atomic mass is 31.2. The Morgan fingerprint density at radius 3 is 1.35 bits per heavy atom. The molecule has 0 bridgehead atoms. The standard InChI is InChI=1S/C56H104NO7P/c1-6-8-10-12-14-16-18-20-22-24-26-28-29-30-31-33-35-37-39-41-43-45-47-49-56(58)64-55(54-63-65(59,60)62-52-50-57(3,4)5)53-61-51-48-46-44-42-40-38-36-34-32-27-25-23-21-19-17-15-13-11-9-7-2/h8,10,14,16,20-23,26,28,55H,6-7,9,11-13,15,17-19,24-25,27,29-54H2,1-5H3/b10-8-,16-14-,22-20-,23-21-,28-26-. The van der Waals surface area contributed by atoms with Crippen molar-refractivity contribution in [1.29, 1.82) is 0 Å². The molecule has 0 radical (unpaired) electrons. The van der Waals surface area contributed by atoms with Crippen LogP contribution in [0.15, 0.2) is 60.8 Å². The van der Waals surface area contributed by atoms with Crippen LogP contribution in [0, 0.1) is 0 Å². The Balaban J connectivity index is 4.12. The maximum atomic E-state index is 12.8. The predicted molar refractivity (Wildman–Crippen MR) is 277 cm³/mol. The molecule has 0 amide bonds. The number of phosphoric acid groups is 1. The van der Waals surface area contributed by atoms with Crippen LogP contribution in [0.25, 0.3) is 0 Å². The fourth-order valence-electron chi connectivity index (χ4n) is 7.42. The lowest BCUT2D eigenvalue weighted by atomic mass is 10.0. The number of esters is 1. The quantitative estimate of drug-likeness (QED) is 0.0197. The lowest BCUT2D eigenvalue weighted by molar-refractivity contribution is -0.870. The number of unbranched alkanes of at least 4 members (excludes halogenated alkanes) is 26. The van der Waals surface area contributed by atoms with Gasteiger partial charge in [-0.05, 0) is 77.0 Å². The number of allylic oxidation sites excluding steroid dienone is 10. The summed E-state index contributed by atoms with van der Waals surface area (Å²) in [5.74, 6) is -0.338. The SMILES string of the molecule is CC/C=C\C/C=C\C/C=C\C/C=C\CCCCCCCCCCCCC(=O)OC(COCCCCCCCCCCCC/C=C\CCCCCCCC)COP(=O)([O-])OCC[N+](C)(C)C. The lowest BCUT2D eigenvalue weighted by Gasteiger charge is -2.28. The molecule has 0 saturated carbocycles. The Labute approximate surface area is 402 Å². The van der Waals surface area contributed by atoms with Crippen LogP contribution in [0.1, 0.15) is 232 Å². The normalized spacial score (nSPS) is 14.0. The van der Waals surface area contributed by atoms with Crippen molar-refractivity contribution >= 4 is 13.8 Å². The summed E-state index contributed by atoms with van der Waals surface area (Å²) in [7, 11) is 1.35. The molecule has 9 heteroatoms. The summed E-state index contributed by atoms with van der Waals surface area (Å²) < 4.78 is 34.8. The lowest BCUT2D eigenvalue weighted by Crippen LogP contribution is -2.37. The molecule has 0 aromatic carbocycles. The number of nitrogens with zero attached hydrogens (tertiary/aromatic N) is 1. The van der Waals surface area contributed by atoms with Gasteiger partial charge in [0.25, 0.3) is 7.82 Å². The van der Waals surface area contributed by atoms with Crippen LogP contribution >= 0.6 is 7.82 Å². The van der Waals surface area contributed by atoms with Crippen molar-refractivity contribution in [1.82, 2.24) is 0 Å². The summed E-state index contributed by atoms with van der Waals surface area (Å²) in [6.45, 7) is 5.31. The van der Waals surface area contributed by atoms with Gasteiger partial charge in [0, 0.05) is 13.0 Å². The van der Waals surface area contributed by atoms with Crippen LogP contribution in [0.5, 0.6) is 0 Å². The third kappa shape index (κ3) is 53.0. The van der Waals surface area contributed by atoms with E-state index in [0.717, 1.165) is 57.8 Å². The average Bonchev–Trinajstić information content (AvgIpc) is 3.27. The van der Waals surface area contributed by atoms with Crippen molar-refractivity contribution in [3.63, 3.8) is 0 Å². The fraction of sp³-hybridized carbons (Fsp3) is 0.804. The second-order valence-corrected chi connectivity index (χ2v) is 20.6. The van der Waals surface area contributed by atoms with E-state index in [1.165, 1.54) is 154 Å². The molecule has 0 N–H and O–H groups in total. The number of ether oxygens (including phenoxy) is 2. The van der Waals surface area contributed by atoms with E-state index in [1.54, 1.807) is 0 Å². The number of hydrogen-bond acceptors (Lipinski definition) is 7. The fourth-order valence-corrected chi connectivity index (χ4v) is 8.14. The van der Waals surface area contributed by atoms with E-state index in [-0.39, 0.29) is 25.8 Å². The van der Waals surface area contributed by atoms with Gasteiger partial charge in [0.2, 0.25) is 0 Å². The molecule has 0 spiro atoms. The molecule has 2 atom stereocenters. The molecule has 0 aliphatic heterocycles. The maximum absolute atomic E-state index is 12.8. The van der Waals surface area contributed by atoms with Crippen LogP contribution in [0.4, 0.5) is 0 Å². The Morgan fingerprint density at radius 1 is 0.492 bits per heavy atom. The number of carbonyl (C=O) groups is 1. The summed E-state index contributed by atoms with van der Waals surface area (Å²) in [6, 6.07) is 0. The van der Waals surface area contributed by atoms with E-state index in [0.29, 0.717) is 24.1 Å². The van der Waals surface area contributed by atoms with E-state index in [1.807, 2.05) is 21.1 Å². The molecule has 0 aliphatic rings. The number of carbonyl (C=O) groups excluding carboxylic acids is 1. The maximum Gasteiger partial charge on any atom is 0.306 e. The highest BCUT2D eigenvalue weighted by molar-refractivity contribution is 7.45. The highest BCUT2D eigenvalue weighted by Gasteiger charge is 2.20. The van der Waals surface area contributed by atoms with E-state index < -0.39 is 13.9 Å². The molecular weight excluding hydrogens is 830 g/mol. The molecule has 0 rings (SSSR count). The molecule has 8 nitrogen and oxygen atoms in total. The van der Waals surface area contributed by atoms with E-state index in [4.69, 9.17) is 18.5 Å². The minimum atomic E-state index is -4.54. The van der Waals surface area contributed by atoms with Crippen molar-refractivity contribution in [3.8, 4) is 0 Å². The van der Waals surface area contributed by atoms with Gasteiger partial charge < -0.3 is 27.9 Å². The Morgan fingerprint density at radius 2 is 0.892 bits per heavy atom. The first-order valence-corrected chi connectivity index (χ1v) is 28.5. The first-order chi connectivity index (χ1) is 31.6. The minimum Gasteiger partial charge on any atom is -0.756 e. The summed E-state index contributed by atoms with van der Waals surface area (Å²) in [6.07, 6.45) is 62.5. The zero-order valence-corrected chi connectivity index (χ0v) is 44.1. The van der Waals surface area contributed by atoms with Crippen molar-refractivity contribution in [2.45, 2.75) is 238 Å². The average molecular weight is 934 g/mol. The number of likely N-dealkylation sites (N-methyl/N-ethyl adjacent to an activating group) is 1. The molecule has 0 aromatic rings. The van der Waals surface area contributed by atoms with Gasteiger partial charge in [0.15, 0.2) is 0 Å². The van der Waals surface area contributed by atoms with E-state index in [9.17, 15) is 14.3 Å². The summed E-state index contributed by atoms with van der Waals surface area (Å²) in [5, 5.41) is 0. The molecule has 0 saturated heterocycles. The number of hydrogen-bond donors (Lipinski definition) is 0. The molecule has 0 aromatic heterocycles. The van der Waals surface area contributed by atoms with Gasteiger partial charge in [-0.1, -0.05) is 209 Å². The molecule has 0 fully saturated rings. The summed E-state index contributed by atoms with van der Waals surface area (Å²) >= 11 is 0. The second kappa shape index (κ2) is 48.6. The van der Waals surface area contributed by atoms with Gasteiger partial charge in [-0.15, -0.1) is 0 Å². The monoisotopic (exact) mass is 934 g/mol. The van der Waals surface area contributed by atoms with Crippen LogP contribution in [0.2, 0.25) is 0 Å². The summed E-state index contributed by atoms with van der Waals surface area (Å²) in [4.78, 5) is 25.2. The molecule has 380 valence electrons. The molecule has 0 aliphatic carbocycles. The van der Waals surface area contributed by atoms with Crippen molar-refractivity contribution in [2.24, 2.45) is 0 Å². The first-order valence-electron chi connectivity index (χ1n) is 27.0. The van der Waals surface area contributed by atoms with Crippen LogP contribution in [-0.4, -0.2) is 70.7 Å². The Hall–Kier alpha value is -1.80. The summed E-state index contributed by atoms with van der Waals surface area (Å²) in [5.41, 5.74) is 0. The molecule has 0 heterocycles. The van der Waals surface area contributed by atoms with Crippen molar-refractivity contribution in [3.05, 3.63) is 60.8 Å². The number of phosphoric ester groups is 1. The smallest absolute Gasteiger partial charge is 0.306 e. The molecular formula is C56H104NO7P. The third-order valence-electron chi connectivity index (χ3n) is 11.6. The second-order valence-electron chi connectivity index (χ2n) is 19.2. The van der Waals surface area contributed by atoms with Crippen molar-refractivity contribution in [2.75, 3.05) is 54.1 Å². The third-order valence-corrected chi connectivity index (χ3v) is 12.5. The van der Waals surface area contributed by atoms with E-state index >= 15 is 0 Å². The molecule has 2 unspecified atom stereocenters. The van der Waals surface area contributed by atoms with Gasteiger partial charge in [-0.25, -0.2) is 0 Å². The Bertz CT molecular complexity index is 1220. The first kappa shape index (κ1) is 63.2. The predicted octanol–water partition coefficient (Wildman–Crippen LogP) is 16.2. The van der Waals surface area contributed by atoms with E-state index in [2.05, 4.69) is 74.6 Å². The zero-order valence-electron chi connectivity index (χ0n) is 43.2.